The zero-order chi connectivity index (χ0) is 45.0. The molecule has 3 heterocycles. The van der Waals surface area contributed by atoms with Gasteiger partial charge < -0.3 is 38.8 Å². The monoisotopic (exact) mass is 889 g/mol. The van der Waals surface area contributed by atoms with E-state index in [1.807, 2.05) is 150 Å². The van der Waals surface area contributed by atoms with Crippen LogP contribution in [0.15, 0.2) is 164 Å². The highest BCUT2D eigenvalue weighted by Gasteiger charge is 2.47. The van der Waals surface area contributed by atoms with Crippen molar-refractivity contribution in [3.8, 4) is 23.0 Å². The Balaban J connectivity index is 1.14. The molecule has 0 spiro atoms. The Hall–Kier alpha value is -6.96. The molecule has 1 aliphatic rings. The van der Waals surface area contributed by atoms with E-state index in [4.69, 9.17) is 55.0 Å². The second kappa shape index (κ2) is 18.6. The Bertz CT molecular complexity index is 2730. The van der Waals surface area contributed by atoms with Crippen LogP contribution in [0.1, 0.15) is 46.0 Å². The van der Waals surface area contributed by atoms with Crippen molar-refractivity contribution >= 4 is 28.6 Å². The first kappa shape index (κ1) is 43.3. The van der Waals surface area contributed by atoms with Gasteiger partial charge in [-0.3, -0.25) is 4.57 Å². The molecule has 3 atom stereocenters. The quantitative estimate of drug-likeness (QED) is 0.0711. The van der Waals surface area contributed by atoms with Crippen LogP contribution < -0.4 is 24.3 Å². The van der Waals surface area contributed by atoms with Gasteiger partial charge >= 0.3 is 0 Å². The number of aliphatic hydroxyl groups excluding tert-OH is 1. The summed E-state index contributed by atoms with van der Waals surface area (Å²) in [6, 6.07) is 51.6. The molecule has 2 N–H and O–H groups in total. The molecule has 2 aromatic heterocycles. The van der Waals surface area contributed by atoms with Crippen LogP contribution in [0.25, 0.3) is 11.2 Å². The van der Waals surface area contributed by atoms with Crippen molar-refractivity contribution in [1.82, 2.24) is 19.5 Å². The highest BCUT2D eigenvalue weighted by atomic mass is 35.5. The smallest absolute Gasteiger partial charge is 0.226 e. The highest BCUT2D eigenvalue weighted by molar-refractivity contribution is 6.28. The predicted molar refractivity (Wildman–Crippen MR) is 249 cm³/mol. The molecule has 6 aromatic carbocycles. The minimum absolute atomic E-state index is 0.000199. The topological polar surface area (TPSA) is 131 Å². The number of nitrogens with one attached hydrogen (secondary N) is 1. The minimum atomic E-state index is -1.15. The standard InChI is InChI=1S/C52H48ClN5O7/c1-60-40-23-15-35(16-24-40)51(34-11-7-5-8-12-34,36-17-25-41(61-2)26-18-36)57-48-47-49(56-50(53)55-48)58(33-54-47)46-31-44(45(32-59)64-46)65-52(37-13-9-6-10-14-37,38-19-27-42(62-3)28-20-38)39-21-29-43(63-4)30-22-39/h5-30,33,44-46,59H,31-32H2,1-4H3,(H,55,56,57)/t44?,45-,46-/m1/s1. The molecule has 12 nitrogen and oxygen atoms in total. The van der Waals surface area contributed by atoms with Crippen molar-refractivity contribution < 1.29 is 33.5 Å². The zero-order valence-electron chi connectivity index (χ0n) is 36.3. The Morgan fingerprint density at radius 3 is 1.51 bits per heavy atom. The summed E-state index contributed by atoms with van der Waals surface area (Å²) < 4.78 is 38.2. The van der Waals surface area contributed by atoms with E-state index in [9.17, 15) is 5.11 Å². The van der Waals surface area contributed by atoms with Gasteiger partial charge in [0.2, 0.25) is 5.28 Å². The van der Waals surface area contributed by atoms with Crippen molar-refractivity contribution in [3.05, 3.63) is 203 Å². The molecule has 9 rings (SSSR count). The molecular weight excluding hydrogens is 842 g/mol. The number of rotatable bonds is 16. The maximum absolute atomic E-state index is 11.0. The van der Waals surface area contributed by atoms with E-state index in [0.29, 0.717) is 46.4 Å². The van der Waals surface area contributed by atoms with Gasteiger partial charge in [-0.05, 0) is 93.5 Å². The van der Waals surface area contributed by atoms with E-state index in [2.05, 4.69) is 17.4 Å². The van der Waals surface area contributed by atoms with Crippen molar-refractivity contribution in [1.29, 1.82) is 0 Å². The van der Waals surface area contributed by atoms with Crippen LogP contribution in [-0.4, -0.2) is 71.9 Å². The lowest BCUT2D eigenvalue weighted by molar-refractivity contribution is -0.0988. The van der Waals surface area contributed by atoms with Gasteiger partial charge in [-0.25, -0.2) is 4.98 Å². The number of fused-ring (bicyclic) bond motifs is 1. The van der Waals surface area contributed by atoms with E-state index in [1.54, 1.807) is 34.8 Å². The van der Waals surface area contributed by atoms with Crippen LogP contribution in [-0.2, 0) is 20.6 Å². The number of halogens is 1. The summed E-state index contributed by atoms with van der Waals surface area (Å²) >= 11 is 6.86. The number of nitrogens with zero attached hydrogens (tertiary/aromatic N) is 4. The summed E-state index contributed by atoms with van der Waals surface area (Å²) in [6.45, 7) is -0.310. The molecule has 1 aliphatic heterocycles. The van der Waals surface area contributed by atoms with Crippen LogP contribution in [0.3, 0.4) is 0 Å². The van der Waals surface area contributed by atoms with E-state index < -0.39 is 29.6 Å². The van der Waals surface area contributed by atoms with Gasteiger partial charge in [-0.1, -0.05) is 109 Å². The zero-order valence-corrected chi connectivity index (χ0v) is 37.1. The van der Waals surface area contributed by atoms with Crippen LogP contribution in [0.4, 0.5) is 5.82 Å². The number of ether oxygens (including phenoxy) is 6. The molecule has 0 bridgehead atoms. The number of methoxy groups -OCH3 is 4. The lowest BCUT2D eigenvalue weighted by Gasteiger charge is -2.39. The first-order valence-corrected chi connectivity index (χ1v) is 21.5. The van der Waals surface area contributed by atoms with Gasteiger partial charge in [0, 0.05) is 6.42 Å². The van der Waals surface area contributed by atoms with Crippen molar-refractivity contribution in [2.45, 2.75) is 36.0 Å². The van der Waals surface area contributed by atoms with Gasteiger partial charge in [0.05, 0.1) is 47.5 Å². The van der Waals surface area contributed by atoms with Crippen LogP contribution >= 0.6 is 11.6 Å². The third kappa shape index (κ3) is 8.10. The maximum atomic E-state index is 11.0. The van der Waals surface area contributed by atoms with Gasteiger partial charge in [-0.2, -0.15) is 9.97 Å². The van der Waals surface area contributed by atoms with E-state index in [1.165, 1.54) is 0 Å². The molecule has 0 radical (unpaired) electrons. The number of hydrogen-bond acceptors (Lipinski definition) is 11. The first-order chi connectivity index (χ1) is 31.8. The van der Waals surface area contributed by atoms with Crippen molar-refractivity contribution in [2.24, 2.45) is 0 Å². The molecule has 1 fully saturated rings. The molecule has 13 heteroatoms. The maximum Gasteiger partial charge on any atom is 0.226 e. The van der Waals surface area contributed by atoms with Crippen LogP contribution in [0, 0.1) is 0 Å². The molecule has 0 amide bonds. The number of aliphatic hydroxyl groups is 1. The number of imidazole rings is 1. The first-order valence-electron chi connectivity index (χ1n) is 21.1. The van der Waals surface area contributed by atoms with Gasteiger partial charge in [0.15, 0.2) is 17.0 Å². The SMILES string of the molecule is COc1ccc(C(Nc2nc(Cl)nc3c2ncn3[C@H]2CC(OC(c3ccccc3)(c3ccc(OC)cc3)c3ccc(OC)cc3)[C@@H](CO)O2)(c2ccccc2)c2ccc(OC)cc2)cc1. The van der Waals surface area contributed by atoms with Gasteiger partial charge in [-0.15, -0.1) is 0 Å². The summed E-state index contributed by atoms with van der Waals surface area (Å²) in [5.41, 5.74) is 4.04. The number of anilines is 1. The van der Waals surface area contributed by atoms with E-state index in [-0.39, 0.29) is 11.9 Å². The average Bonchev–Trinajstić information content (AvgIpc) is 3.99. The fourth-order valence-corrected chi connectivity index (χ4v) is 9.03. The van der Waals surface area contributed by atoms with Gasteiger partial charge in [0.1, 0.15) is 46.5 Å². The Morgan fingerprint density at radius 2 is 1.05 bits per heavy atom. The lowest BCUT2D eigenvalue weighted by atomic mass is 9.77. The summed E-state index contributed by atoms with van der Waals surface area (Å²) in [4.78, 5) is 14.4. The third-order valence-corrected chi connectivity index (χ3v) is 12.3. The summed E-state index contributed by atoms with van der Waals surface area (Å²) in [7, 11) is 6.56. The van der Waals surface area contributed by atoms with E-state index >= 15 is 0 Å². The summed E-state index contributed by atoms with van der Waals surface area (Å²) in [5, 5.41) is 14.8. The van der Waals surface area contributed by atoms with Gasteiger partial charge in [0.25, 0.3) is 0 Å². The van der Waals surface area contributed by atoms with Crippen LogP contribution in [0.5, 0.6) is 23.0 Å². The fourth-order valence-electron chi connectivity index (χ4n) is 8.87. The van der Waals surface area contributed by atoms with Crippen molar-refractivity contribution in [2.75, 3.05) is 40.4 Å². The number of aromatic nitrogens is 4. The molecule has 8 aromatic rings. The van der Waals surface area contributed by atoms with Crippen molar-refractivity contribution in [3.63, 3.8) is 0 Å². The molecule has 0 saturated carbocycles. The molecule has 65 heavy (non-hydrogen) atoms. The molecule has 330 valence electrons. The predicted octanol–water partition coefficient (Wildman–Crippen LogP) is 9.58. The normalized spacial score (nSPS) is 16.3. The minimum Gasteiger partial charge on any atom is -0.497 e. The summed E-state index contributed by atoms with van der Waals surface area (Å²) in [5.74, 6) is 3.23. The molecular formula is C52H48ClN5O7. The van der Waals surface area contributed by atoms with Crippen LogP contribution in [0.2, 0.25) is 5.28 Å². The summed E-state index contributed by atoms with van der Waals surface area (Å²) in [6.07, 6.45) is -0.0261. The third-order valence-electron chi connectivity index (χ3n) is 12.1. The lowest BCUT2D eigenvalue weighted by Crippen LogP contribution is -2.40. The Labute approximate surface area is 382 Å². The fraction of sp³-hybridized carbons (Fsp3) is 0.212. The second-order valence-corrected chi connectivity index (χ2v) is 15.9. The highest BCUT2D eigenvalue weighted by Crippen LogP contribution is 2.47. The molecule has 0 aliphatic carbocycles. The Morgan fingerprint density at radius 1 is 0.615 bits per heavy atom. The Kier molecular flexibility index (Phi) is 12.4. The second-order valence-electron chi connectivity index (χ2n) is 15.6. The molecule has 1 saturated heterocycles. The molecule has 1 unspecified atom stereocenters. The van der Waals surface area contributed by atoms with E-state index in [0.717, 1.165) is 33.4 Å². The average molecular weight is 890 g/mol. The number of hydrogen-bond donors (Lipinski definition) is 2. The number of benzene rings is 6. The largest absolute Gasteiger partial charge is 0.497 e.